The molecule has 0 aliphatic carbocycles. The molecule has 1 atom stereocenters. The number of anilines is 1. The van der Waals surface area contributed by atoms with E-state index in [9.17, 15) is 14.4 Å². The summed E-state index contributed by atoms with van der Waals surface area (Å²) in [7, 11) is 0. The number of carbonyl (C=O) groups is 3. The molecule has 1 aliphatic heterocycles. The summed E-state index contributed by atoms with van der Waals surface area (Å²) in [5, 5.41) is -1.11. The van der Waals surface area contributed by atoms with Crippen LogP contribution >= 0.6 is 23.2 Å². The van der Waals surface area contributed by atoms with Gasteiger partial charge in [-0.25, -0.2) is 0 Å². The van der Waals surface area contributed by atoms with E-state index in [1.165, 1.54) is 11.0 Å². The highest BCUT2D eigenvalue weighted by Gasteiger charge is 2.34. The number of benzene rings is 1. The van der Waals surface area contributed by atoms with E-state index in [1.54, 1.807) is 18.2 Å². The maximum Gasteiger partial charge on any atom is 0.252 e. The van der Waals surface area contributed by atoms with Crippen LogP contribution in [-0.4, -0.2) is 22.9 Å². The predicted molar refractivity (Wildman–Crippen MR) is 67.9 cm³/mol. The van der Waals surface area contributed by atoms with Gasteiger partial charge in [0.15, 0.2) is 0 Å². The Labute approximate surface area is 113 Å². The Morgan fingerprint density at radius 1 is 1.28 bits per heavy atom. The Bertz CT molecular complexity index is 530. The smallest absolute Gasteiger partial charge is 0.252 e. The molecule has 0 N–H and O–H groups in total. The molecule has 1 heterocycles. The second-order valence-electron chi connectivity index (χ2n) is 4.03. The Kier molecular flexibility index (Phi) is 3.68. The predicted octanol–water partition coefficient (Wildman–Crippen LogP) is 2.18. The summed E-state index contributed by atoms with van der Waals surface area (Å²) >= 11 is 10.8. The van der Waals surface area contributed by atoms with E-state index < -0.39 is 16.4 Å². The monoisotopic (exact) mass is 285 g/mol. The molecule has 0 bridgehead atoms. The molecule has 0 aromatic heterocycles. The standard InChI is InChI=1S/C12H9Cl2NO3/c13-11(17)7-2-1-3-9(4-7)15-6-8(12(14)18)5-10(15)16/h1-4,8H,5-6H2/t8-/m0/s1. The van der Waals surface area contributed by atoms with Crippen molar-refractivity contribution in [3.05, 3.63) is 29.8 Å². The second-order valence-corrected chi connectivity index (χ2v) is 4.75. The Balaban J connectivity index is 2.27. The van der Waals surface area contributed by atoms with E-state index in [0.29, 0.717) is 11.3 Å². The first-order valence-electron chi connectivity index (χ1n) is 5.28. The first-order valence-corrected chi connectivity index (χ1v) is 6.04. The van der Waals surface area contributed by atoms with Crippen LogP contribution in [-0.2, 0) is 9.59 Å². The molecule has 0 spiro atoms. The van der Waals surface area contributed by atoms with Crippen LogP contribution in [0, 0.1) is 5.92 Å². The molecular weight excluding hydrogens is 277 g/mol. The van der Waals surface area contributed by atoms with Gasteiger partial charge in [0.25, 0.3) is 5.24 Å². The van der Waals surface area contributed by atoms with Crippen molar-refractivity contribution in [1.29, 1.82) is 0 Å². The second kappa shape index (κ2) is 5.08. The summed E-state index contributed by atoms with van der Waals surface area (Å²) in [6.45, 7) is 0.237. The SMILES string of the molecule is O=C(Cl)c1cccc(N2C[C@@H](C(=O)Cl)CC2=O)c1. The van der Waals surface area contributed by atoms with E-state index in [-0.39, 0.29) is 18.9 Å². The lowest BCUT2D eigenvalue weighted by atomic mass is 10.1. The van der Waals surface area contributed by atoms with Crippen LogP contribution in [0.3, 0.4) is 0 Å². The van der Waals surface area contributed by atoms with Gasteiger partial charge >= 0.3 is 0 Å². The zero-order valence-electron chi connectivity index (χ0n) is 9.23. The molecule has 0 unspecified atom stereocenters. The normalized spacial score (nSPS) is 19.1. The van der Waals surface area contributed by atoms with Crippen LogP contribution < -0.4 is 4.90 Å². The molecule has 94 valence electrons. The highest BCUT2D eigenvalue weighted by atomic mass is 35.5. The number of carbonyl (C=O) groups excluding carboxylic acids is 3. The summed E-state index contributed by atoms with van der Waals surface area (Å²) in [5.41, 5.74) is 0.856. The maximum absolute atomic E-state index is 11.8. The molecule has 0 saturated carbocycles. The largest absolute Gasteiger partial charge is 0.312 e. The summed E-state index contributed by atoms with van der Waals surface area (Å²) < 4.78 is 0. The lowest BCUT2D eigenvalue weighted by Gasteiger charge is -2.16. The lowest BCUT2D eigenvalue weighted by molar-refractivity contribution is -0.120. The van der Waals surface area contributed by atoms with Gasteiger partial charge in [0.1, 0.15) is 0 Å². The van der Waals surface area contributed by atoms with Gasteiger partial charge in [-0.3, -0.25) is 14.4 Å². The molecule has 1 aromatic rings. The summed E-state index contributed by atoms with van der Waals surface area (Å²) in [5.74, 6) is -0.678. The van der Waals surface area contributed by atoms with Crippen molar-refractivity contribution in [3.8, 4) is 0 Å². The van der Waals surface area contributed by atoms with Crippen molar-refractivity contribution < 1.29 is 14.4 Å². The van der Waals surface area contributed by atoms with Crippen molar-refractivity contribution in [2.45, 2.75) is 6.42 Å². The van der Waals surface area contributed by atoms with Crippen LogP contribution in [0.2, 0.25) is 0 Å². The van der Waals surface area contributed by atoms with Crippen LogP contribution in [0.4, 0.5) is 5.69 Å². The van der Waals surface area contributed by atoms with E-state index in [4.69, 9.17) is 23.2 Å². The third-order valence-corrected chi connectivity index (χ3v) is 3.36. The third-order valence-electron chi connectivity index (χ3n) is 2.83. The molecule has 1 fully saturated rings. The lowest BCUT2D eigenvalue weighted by Crippen LogP contribution is -2.25. The van der Waals surface area contributed by atoms with Crippen molar-refractivity contribution >= 4 is 45.3 Å². The number of hydrogen-bond acceptors (Lipinski definition) is 3. The van der Waals surface area contributed by atoms with Crippen LogP contribution in [0.15, 0.2) is 24.3 Å². The summed E-state index contributed by atoms with van der Waals surface area (Å²) in [4.78, 5) is 35.3. The van der Waals surface area contributed by atoms with Crippen LogP contribution in [0.1, 0.15) is 16.8 Å². The number of rotatable bonds is 3. The van der Waals surface area contributed by atoms with Crippen LogP contribution in [0.25, 0.3) is 0 Å². The molecule has 1 aromatic carbocycles. The fourth-order valence-corrected chi connectivity index (χ4v) is 2.17. The van der Waals surface area contributed by atoms with Crippen molar-refractivity contribution in [1.82, 2.24) is 0 Å². The van der Waals surface area contributed by atoms with E-state index in [1.807, 2.05) is 0 Å². The fraction of sp³-hybridized carbons (Fsp3) is 0.250. The van der Waals surface area contributed by atoms with E-state index in [0.717, 1.165) is 0 Å². The van der Waals surface area contributed by atoms with Gasteiger partial charge in [0, 0.05) is 24.2 Å². The fourth-order valence-electron chi connectivity index (χ4n) is 1.91. The molecular formula is C12H9Cl2NO3. The molecule has 1 aliphatic rings. The molecule has 2 rings (SSSR count). The zero-order valence-corrected chi connectivity index (χ0v) is 10.7. The number of nitrogens with zero attached hydrogens (tertiary/aromatic N) is 1. The Morgan fingerprint density at radius 3 is 2.56 bits per heavy atom. The van der Waals surface area contributed by atoms with Gasteiger partial charge in [-0.15, -0.1) is 0 Å². The van der Waals surface area contributed by atoms with E-state index >= 15 is 0 Å². The van der Waals surface area contributed by atoms with Crippen molar-refractivity contribution in [3.63, 3.8) is 0 Å². The number of amides is 1. The van der Waals surface area contributed by atoms with Gasteiger partial charge < -0.3 is 4.90 Å². The third kappa shape index (κ3) is 2.54. The van der Waals surface area contributed by atoms with Gasteiger partial charge in [0.2, 0.25) is 11.1 Å². The average Bonchev–Trinajstić information content (AvgIpc) is 2.72. The number of hydrogen-bond donors (Lipinski definition) is 0. The Hall–Kier alpha value is -1.39. The minimum atomic E-state index is -0.589. The first-order chi connectivity index (χ1) is 8.49. The summed E-state index contributed by atoms with van der Waals surface area (Å²) in [6.07, 6.45) is 0.0986. The van der Waals surface area contributed by atoms with Gasteiger partial charge in [-0.05, 0) is 41.4 Å². The van der Waals surface area contributed by atoms with Crippen molar-refractivity contribution in [2.75, 3.05) is 11.4 Å². The molecule has 1 amide bonds. The molecule has 0 radical (unpaired) electrons. The van der Waals surface area contributed by atoms with E-state index in [2.05, 4.69) is 0 Å². The minimum Gasteiger partial charge on any atom is -0.312 e. The molecule has 6 heteroatoms. The molecule has 4 nitrogen and oxygen atoms in total. The highest BCUT2D eigenvalue weighted by Crippen LogP contribution is 2.27. The van der Waals surface area contributed by atoms with Gasteiger partial charge in [-0.2, -0.15) is 0 Å². The topological polar surface area (TPSA) is 54.5 Å². The van der Waals surface area contributed by atoms with Gasteiger partial charge in [0.05, 0.1) is 5.92 Å². The van der Waals surface area contributed by atoms with Crippen molar-refractivity contribution in [2.24, 2.45) is 5.92 Å². The first kappa shape index (κ1) is 13.1. The van der Waals surface area contributed by atoms with Gasteiger partial charge in [-0.1, -0.05) is 6.07 Å². The zero-order chi connectivity index (χ0) is 13.3. The Morgan fingerprint density at radius 2 is 2.00 bits per heavy atom. The maximum atomic E-state index is 11.8. The highest BCUT2D eigenvalue weighted by molar-refractivity contribution is 6.67. The summed E-state index contributed by atoms with van der Waals surface area (Å²) in [6, 6.07) is 6.40. The average molecular weight is 286 g/mol. The minimum absolute atomic E-state index is 0.0986. The quantitative estimate of drug-likeness (QED) is 0.800. The molecule has 1 saturated heterocycles. The number of halogens is 2. The van der Waals surface area contributed by atoms with Crippen LogP contribution in [0.5, 0.6) is 0 Å². The molecule has 18 heavy (non-hydrogen) atoms.